The molecule has 0 saturated carbocycles. The summed E-state index contributed by atoms with van der Waals surface area (Å²) in [4.78, 5) is 11.7. The van der Waals surface area contributed by atoms with E-state index in [0.717, 1.165) is 43.5 Å². The summed E-state index contributed by atoms with van der Waals surface area (Å²) >= 11 is 0. The van der Waals surface area contributed by atoms with Crippen molar-refractivity contribution < 1.29 is 0 Å². The second-order valence-corrected chi connectivity index (χ2v) is 7.08. The molecule has 4 rings (SSSR count). The van der Waals surface area contributed by atoms with Crippen LogP contribution in [-0.2, 0) is 0 Å². The van der Waals surface area contributed by atoms with Crippen LogP contribution in [0.2, 0.25) is 0 Å². The number of aromatic nitrogens is 2. The average Bonchev–Trinajstić information content (AvgIpc) is 3.13. The molecule has 2 aromatic rings. The zero-order chi connectivity index (χ0) is 18.6. The number of anilines is 1. The van der Waals surface area contributed by atoms with Gasteiger partial charge in [-0.25, -0.2) is 0 Å². The third-order valence-electron chi connectivity index (χ3n) is 5.00. The van der Waals surface area contributed by atoms with Gasteiger partial charge in [-0.05, 0) is 31.7 Å². The van der Waals surface area contributed by atoms with Crippen molar-refractivity contribution in [3.63, 3.8) is 0 Å². The lowest BCUT2D eigenvalue weighted by atomic mass is 10.2. The van der Waals surface area contributed by atoms with Crippen LogP contribution in [-0.4, -0.2) is 65.6 Å². The second-order valence-electron chi connectivity index (χ2n) is 7.08. The molecule has 0 aliphatic carbocycles. The number of hydrogen-bond donors (Lipinski definition) is 1. The maximum Gasteiger partial charge on any atom is 0.158 e. The summed E-state index contributed by atoms with van der Waals surface area (Å²) in [7, 11) is 2.17. The van der Waals surface area contributed by atoms with Gasteiger partial charge >= 0.3 is 0 Å². The maximum atomic E-state index is 4.72. The van der Waals surface area contributed by atoms with E-state index < -0.39 is 0 Å². The number of likely N-dealkylation sites (N-methyl/N-ethyl adjacent to an activating group) is 1. The fraction of sp³-hybridized carbons (Fsp3) is 0.333. The van der Waals surface area contributed by atoms with Crippen LogP contribution < -0.4 is 4.90 Å². The van der Waals surface area contributed by atoms with E-state index in [1.165, 1.54) is 5.56 Å². The Balaban J connectivity index is 1.63. The van der Waals surface area contributed by atoms with Crippen LogP contribution in [0.1, 0.15) is 11.3 Å². The molecule has 1 N–H and O–H groups in total. The van der Waals surface area contributed by atoms with Crippen LogP contribution >= 0.6 is 0 Å². The van der Waals surface area contributed by atoms with E-state index in [0.29, 0.717) is 0 Å². The number of hydrogen-bond acceptors (Lipinski definition) is 5. The molecule has 1 saturated heterocycles. The number of allylic oxidation sites excluding steroid dienone is 1. The molecule has 3 heterocycles. The number of aryl methyl sites for hydroxylation is 1. The Hall–Kier alpha value is -2.86. The molecule has 2 aliphatic rings. The Morgan fingerprint density at radius 3 is 2.59 bits per heavy atom. The van der Waals surface area contributed by atoms with Crippen LogP contribution in [0.15, 0.2) is 59.4 Å². The Kier molecular flexibility index (Phi) is 5.07. The standard InChI is InChI=1S/C21H26N6/c1-17-16-20(24-23-17)27-19(9-8-18-6-4-3-5-7-18)22-11-10-21(27)26-14-12-25(2)13-15-26/h3-11,16,19H,12-15H2,1-2H3,(H,23,24)/b9-8+. The summed E-state index contributed by atoms with van der Waals surface area (Å²) < 4.78 is 0. The third kappa shape index (κ3) is 3.95. The average molecular weight is 362 g/mol. The number of aromatic amines is 1. The van der Waals surface area contributed by atoms with Gasteiger partial charge in [0.15, 0.2) is 5.82 Å². The molecule has 1 unspecified atom stereocenters. The molecular formula is C21H26N6. The first kappa shape index (κ1) is 17.5. The predicted octanol–water partition coefficient (Wildman–Crippen LogP) is 2.74. The van der Waals surface area contributed by atoms with Crippen molar-refractivity contribution in [3.8, 4) is 0 Å². The van der Waals surface area contributed by atoms with Crippen molar-refractivity contribution in [2.45, 2.75) is 13.1 Å². The third-order valence-corrected chi connectivity index (χ3v) is 5.00. The van der Waals surface area contributed by atoms with Crippen molar-refractivity contribution in [3.05, 3.63) is 65.6 Å². The lowest BCUT2D eigenvalue weighted by Crippen LogP contribution is -2.50. The molecule has 1 aromatic heterocycles. The van der Waals surface area contributed by atoms with Gasteiger partial charge in [-0.15, -0.1) is 0 Å². The highest BCUT2D eigenvalue weighted by atomic mass is 15.4. The zero-order valence-corrected chi connectivity index (χ0v) is 15.9. The van der Waals surface area contributed by atoms with Gasteiger partial charge in [0.25, 0.3) is 0 Å². The summed E-state index contributed by atoms with van der Waals surface area (Å²) in [6.07, 6.45) is 8.17. The van der Waals surface area contributed by atoms with Crippen LogP contribution in [0.4, 0.5) is 5.82 Å². The van der Waals surface area contributed by atoms with E-state index in [1.54, 1.807) is 0 Å². The number of nitrogens with zero attached hydrogens (tertiary/aromatic N) is 5. The number of aliphatic imine (C=N–C) groups is 1. The topological polar surface area (TPSA) is 50.8 Å². The number of H-pyrrole nitrogens is 1. The number of piperazine rings is 1. The molecule has 6 heteroatoms. The van der Waals surface area contributed by atoms with Crippen molar-refractivity contribution >= 4 is 18.1 Å². The van der Waals surface area contributed by atoms with Crippen molar-refractivity contribution in [2.75, 3.05) is 38.1 Å². The van der Waals surface area contributed by atoms with E-state index in [4.69, 9.17) is 4.99 Å². The van der Waals surface area contributed by atoms with E-state index in [-0.39, 0.29) is 6.17 Å². The van der Waals surface area contributed by atoms with E-state index in [2.05, 4.69) is 68.4 Å². The highest BCUT2D eigenvalue weighted by Gasteiger charge is 2.29. The SMILES string of the molecule is Cc1cc(N2C(N3CCN(C)CC3)=CC=NC2/C=C/c2ccccc2)n[nH]1. The molecule has 0 radical (unpaired) electrons. The Bertz CT molecular complexity index is 843. The largest absolute Gasteiger partial charge is 0.355 e. The lowest BCUT2D eigenvalue weighted by molar-refractivity contribution is 0.182. The molecule has 2 aliphatic heterocycles. The van der Waals surface area contributed by atoms with E-state index >= 15 is 0 Å². The molecule has 0 amide bonds. The Morgan fingerprint density at radius 1 is 1.11 bits per heavy atom. The minimum Gasteiger partial charge on any atom is -0.355 e. The van der Waals surface area contributed by atoms with Crippen molar-refractivity contribution in [1.29, 1.82) is 0 Å². The van der Waals surface area contributed by atoms with E-state index in [1.807, 2.05) is 31.3 Å². The number of benzene rings is 1. The lowest BCUT2D eigenvalue weighted by Gasteiger charge is -2.41. The number of rotatable bonds is 4. The molecular weight excluding hydrogens is 336 g/mol. The summed E-state index contributed by atoms with van der Waals surface area (Å²) in [6.45, 7) is 6.16. The minimum atomic E-state index is -0.118. The first-order chi connectivity index (χ1) is 13.2. The molecule has 1 fully saturated rings. The summed E-state index contributed by atoms with van der Waals surface area (Å²) in [5, 5.41) is 7.59. The predicted molar refractivity (Wildman–Crippen MR) is 111 cm³/mol. The van der Waals surface area contributed by atoms with Gasteiger partial charge in [-0.1, -0.05) is 36.4 Å². The molecule has 0 spiro atoms. The quantitative estimate of drug-likeness (QED) is 0.909. The van der Waals surface area contributed by atoms with Gasteiger partial charge in [-0.3, -0.25) is 15.0 Å². The zero-order valence-electron chi connectivity index (χ0n) is 15.9. The van der Waals surface area contributed by atoms with E-state index in [9.17, 15) is 0 Å². The highest BCUT2D eigenvalue weighted by molar-refractivity contribution is 5.77. The normalized spacial score (nSPS) is 21.1. The van der Waals surface area contributed by atoms with Gasteiger partial charge < -0.3 is 9.80 Å². The van der Waals surface area contributed by atoms with Gasteiger partial charge in [-0.2, -0.15) is 5.10 Å². The minimum absolute atomic E-state index is 0.118. The van der Waals surface area contributed by atoms with Crippen LogP contribution in [0.3, 0.4) is 0 Å². The maximum absolute atomic E-state index is 4.72. The molecule has 0 bridgehead atoms. The van der Waals surface area contributed by atoms with Crippen LogP contribution in [0, 0.1) is 6.92 Å². The van der Waals surface area contributed by atoms with Gasteiger partial charge in [0.1, 0.15) is 12.0 Å². The fourth-order valence-electron chi connectivity index (χ4n) is 3.45. The van der Waals surface area contributed by atoms with Gasteiger partial charge in [0, 0.05) is 44.2 Å². The first-order valence-electron chi connectivity index (χ1n) is 9.42. The van der Waals surface area contributed by atoms with Crippen LogP contribution in [0.25, 0.3) is 6.08 Å². The van der Waals surface area contributed by atoms with Crippen molar-refractivity contribution in [1.82, 2.24) is 20.0 Å². The molecule has 27 heavy (non-hydrogen) atoms. The summed E-state index contributed by atoms with van der Waals surface area (Å²) in [6, 6.07) is 12.4. The fourth-order valence-corrected chi connectivity index (χ4v) is 3.45. The molecule has 1 atom stereocenters. The van der Waals surface area contributed by atoms with Gasteiger partial charge in [0.05, 0.1) is 0 Å². The molecule has 140 valence electrons. The monoisotopic (exact) mass is 362 g/mol. The second kappa shape index (κ2) is 7.80. The van der Waals surface area contributed by atoms with Crippen molar-refractivity contribution in [2.24, 2.45) is 4.99 Å². The first-order valence-corrected chi connectivity index (χ1v) is 9.42. The van der Waals surface area contributed by atoms with Crippen LogP contribution in [0.5, 0.6) is 0 Å². The Labute approximate surface area is 160 Å². The highest BCUT2D eigenvalue weighted by Crippen LogP contribution is 2.27. The van der Waals surface area contributed by atoms with Gasteiger partial charge in [0.2, 0.25) is 0 Å². The summed E-state index contributed by atoms with van der Waals surface area (Å²) in [5.74, 6) is 2.06. The molecule has 6 nitrogen and oxygen atoms in total. The Morgan fingerprint density at radius 2 is 1.89 bits per heavy atom. The molecule has 1 aromatic carbocycles. The smallest absolute Gasteiger partial charge is 0.158 e. The summed E-state index contributed by atoms with van der Waals surface area (Å²) in [5.41, 5.74) is 2.21. The number of nitrogens with one attached hydrogen (secondary N) is 1.